The lowest BCUT2D eigenvalue weighted by Gasteiger charge is -2.26. The van der Waals surface area contributed by atoms with Gasteiger partial charge in [0, 0.05) is 12.8 Å². The molecule has 0 amide bonds. The molecule has 2 aliphatic rings. The Morgan fingerprint density at radius 3 is 1.18 bits per heavy atom. The van der Waals surface area contributed by atoms with E-state index in [-0.39, 0.29) is 12.1 Å². The summed E-state index contributed by atoms with van der Waals surface area (Å²) in [6, 6.07) is 46.4. The maximum atomic E-state index is 5.38. The number of rotatable bonds is 8. The Morgan fingerprint density at radius 1 is 0.477 bits per heavy atom. The molecule has 0 N–H and O–H groups in total. The summed E-state index contributed by atoms with van der Waals surface area (Å²) in [4.78, 5) is 0. The van der Waals surface area contributed by atoms with Crippen molar-refractivity contribution >= 4 is 22.8 Å². The highest BCUT2D eigenvalue weighted by atomic mass is 16.5. The summed E-state index contributed by atoms with van der Waals surface area (Å²) >= 11 is 0. The van der Waals surface area contributed by atoms with Gasteiger partial charge >= 0.3 is 0 Å². The molecule has 0 bridgehead atoms. The van der Waals surface area contributed by atoms with Gasteiger partial charge < -0.3 is 9.47 Å². The molecule has 0 fully saturated rings. The average Bonchev–Trinajstić information content (AvgIpc) is 3.76. The SMILES string of the molecule is COc1ccc(C2=NN(c3ccccc3)C(c3ccc(C4CC(c5ccc(OC)cc5)=NN4c4ccccc4)cc3)C2)cc1. The monoisotopic (exact) mass is 578 g/mol. The molecule has 0 aromatic heterocycles. The number of anilines is 2. The van der Waals surface area contributed by atoms with Gasteiger partial charge in [-0.15, -0.1) is 0 Å². The lowest BCUT2D eigenvalue weighted by molar-refractivity contribution is 0.414. The maximum Gasteiger partial charge on any atom is 0.118 e. The van der Waals surface area contributed by atoms with Crippen LogP contribution in [0, 0.1) is 0 Å². The predicted molar refractivity (Wildman–Crippen MR) is 178 cm³/mol. The van der Waals surface area contributed by atoms with Gasteiger partial charge in [0.2, 0.25) is 0 Å². The van der Waals surface area contributed by atoms with Crippen LogP contribution in [0.25, 0.3) is 0 Å². The van der Waals surface area contributed by atoms with Crippen molar-refractivity contribution in [3.63, 3.8) is 0 Å². The van der Waals surface area contributed by atoms with Gasteiger partial charge in [0.1, 0.15) is 11.5 Å². The van der Waals surface area contributed by atoms with Gasteiger partial charge in [0.05, 0.1) is 49.1 Å². The van der Waals surface area contributed by atoms with Gasteiger partial charge in [-0.3, -0.25) is 10.0 Å². The van der Waals surface area contributed by atoms with E-state index in [0.29, 0.717) is 0 Å². The van der Waals surface area contributed by atoms with E-state index in [1.807, 2.05) is 36.4 Å². The molecule has 2 aliphatic heterocycles. The molecule has 0 spiro atoms. The summed E-state index contributed by atoms with van der Waals surface area (Å²) in [7, 11) is 3.38. The fourth-order valence-electron chi connectivity index (χ4n) is 6.03. The van der Waals surface area contributed by atoms with E-state index >= 15 is 0 Å². The zero-order chi connectivity index (χ0) is 29.9. The predicted octanol–water partition coefficient (Wildman–Crippen LogP) is 8.42. The molecule has 218 valence electrons. The lowest BCUT2D eigenvalue weighted by atomic mass is 9.94. The number of benzene rings is 5. The Bertz CT molecular complexity index is 1630. The number of ether oxygens (including phenoxy) is 2. The largest absolute Gasteiger partial charge is 0.497 e. The van der Waals surface area contributed by atoms with Gasteiger partial charge in [-0.25, -0.2) is 0 Å². The third-order valence-electron chi connectivity index (χ3n) is 8.41. The van der Waals surface area contributed by atoms with Crippen molar-refractivity contribution < 1.29 is 9.47 Å². The summed E-state index contributed by atoms with van der Waals surface area (Å²) in [6.45, 7) is 0. The molecule has 2 heterocycles. The highest BCUT2D eigenvalue weighted by Crippen LogP contribution is 2.40. The second-order valence-electron chi connectivity index (χ2n) is 11.0. The average molecular weight is 579 g/mol. The van der Waals surface area contributed by atoms with Crippen LogP contribution in [0.2, 0.25) is 0 Å². The van der Waals surface area contributed by atoms with Crippen LogP contribution in [0.15, 0.2) is 144 Å². The van der Waals surface area contributed by atoms with Crippen molar-refractivity contribution in [2.45, 2.75) is 24.9 Å². The molecule has 2 atom stereocenters. The zero-order valence-electron chi connectivity index (χ0n) is 24.9. The molecule has 6 heteroatoms. The summed E-state index contributed by atoms with van der Waals surface area (Å²) in [5.41, 5.74) is 8.96. The van der Waals surface area contributed by atoms with Crippen molar-refractivity contribution in [1.82, 2.24) is 0 Å². The first kappa shape index (κ1) is 27.5. The first-order valence-corrected chi connectivity index (χ1v) is 14.9. The Hall–Kier alpha value is -5.36. The zero-order valence-corrected chi connectivity index (χ0v) is 24.9. The third-order valence-corrected chi connectivity index (χ3v) is 8.41. The minimum absolute atomic E-state index is 0.0865. The van der Waals surface area contributed by atoms with E-state index in [1.165, 1.54) is 11.1 Å². The fourth-order valence-corrected chi connectivity index (χ4v) is 6.03. The molecule has 6 nitrogen and oxygen atoms in total. The van der Waals surface area contributed by atoms with Gasteiger partial charge in [-0.1, -0.05) is 60.7 Å². The van der Waals surface area contributed by atoms with Crippen molar-refractivity contribution in [3.8, 4) is 11.5 Å². The molecule has 0 aliphatic carbocycles. The van der Waals surface area contributed by atoms with E-state index in [1.54, 1.807) is 14.2 Å². The number of para-hydroxylation sites is 2. The topological polar surface area (TPSA) is 49.7 Å². The molecular formula is C38H34N4O2. The minimum atomic E-state index is 0.0865. The third kappa shape index (κ3) is 5.42. The number of methoxy groups -OCH3 is 2. The molecular weight excluding hydrogens is 544 g/mol. The number of hydrazone groups is 2. The maximum absolute atomic E-state index is 5.38. The van der Waals surface area contributed by atoms with E-state index < -0.39 is 0 Å². The van der Waals surface area contributed by atoms with Crippen LogP contribution in [0.3, 0.4) is 0 Å². The summed E-state index contributed by atoms with van der Waals surface area (Å²) in [6.07, 6.45) is 1.62. The standard InChI is InChI=1S/C38H34N4O2/c1-43-33-21-17-27(18-22-33)35-25-37(41(39-35)31-9-5-3-6-10-31)29-13-15-30(16-14-29)38-26-36(28-19-23-34(44-2)24-20-28)40-42(38)32-11-7-4-8-12-32/h3-24,37-38H,25-26H2,1-2H3. The van der Waals surface area contributed by atoms with Crippen LogP contribution in [0.4, 0.5) is 11.4 Å². The lowest BCUT2D eigenvalue weighted by Crippen LogP contribution is -2.20. The van der Waals surface area contributed by atoms with Crippen LogP contribution in [-0.4, -0.2) is 25.6 Å². The van der Waals surface area contributed by atoms with E-state index in [9.17, 15) is 0 Å². The van der Waals surface area contributed by atoms with Crippen LogP contribution in [-0.2, 0) is 0 Å². The quantitative estimate of drug-likeness (QED) is 0.185. The summed E-state index contributed by atoms with van der Waals surface area (Å²) in [5, 5.41) is 14.6. The van der Waals surface area contributed by atoms with Crippen LogP contribution >= 0.6 is 0 Å². The molecule has 5 aromatic carbocycles. The Kier molecular flexibility index (Phi) is 7.55. The molecule has 44 heavy (non-hydrogen) atoms. The number of nitrogens with zero attached hydrogens (tertiary/aromatic N) is 4. The van der Waals surface area contributed by atoms with Crippen LogP contribution in [0.1, 0.15) is 47.2 Å². The first-order chi connectivity index (χ1) is 21.7. The smallest absolute Gasteiger partial charge is 0.118 e. The fraction of sp³-hybridized carbons (Fsp3) is 0.158. The van der Waals surface area contributed by atoms with Crippen LogP contribution in [0.5, 0.6) is 11.5 Å². The van der Waals surface area contributed by atoms with Gasteiger partial charge in [-0.05, 0) is 95.1 Å². The Balaban J connectivity index is 1.18. The van der Waals surface area contributed by atoms with Crippen molar-refractivity contribution in [2.24, 2.45) is 10.2 Å². The molecule has 7 rings (SSSR count). The van der Waals surface area contributed by atoms with Crippen molar-refractivity contribution in [3.05, 3.63) is 156 Å². The normalized spacial score (nSPS) is 17.8. The van der Waals surface area contributed by atoms with E-state index in [0.717, 1.165) is 58.3 Å². The van der Waals surface area contributed by atoms with Crippen molar-refractivity contribution in [1.29, 1.82) is 0 Å². The summed E-state index contributed by atoms with van der Waals surface area (Å²) < 4.78 is 10.8. The van der Waals surface area contributed by atoms with Gasteiger partial charge in [0.25, 0.3) is 0 Å². The van der Waals surface area contributed by atoms with E-state index in [4.69, 9.17) is 19.7 Å². The van der Waals surface area contributed by atoms with Crippen molar-refractivity contribution in [2.75, 3.05) is 24.2 Å². The highest BCUT2D eigenvalue weighted by Gasteiger charge is 2.32. The summed E-state index contributed by atoms with van der Waals surface area (Å²) in [5.74, 6) is 1.69. The Labute approximate surface area is 258 Å². The second-order valence-corrected chi connectivity index (χ2v) is 11.0. The van der Waals surface area contributed by atoms with Crippen LogP contribution < -0.4 is 19.5 Å². The number of hydrogen-bond acceptors (Lipinski definition) is 6. The molecule has 5 aromatic rings. The Morgan fingerprint density at radius 2 is 0.841 bits per heavy atom. The first-order valence-electron chi connectivity index (χ1n) is 14.9. The molecule has 0 radical (unpaired) electrons. The van der Waals surface area contributed by atoms with Gasteiger partial charge in [0.15, 0.2) is 0 Å². The van der Waals surface area contributed by atoms with E-state index in [2.05, 4.69) is 107 Å². The molecule has 0 saturated heterocycles. The minimum Gasteiger partial charge on any atom is -0.497 e. The van der Waals surface area contributed by atoms with Gasteiger partial charge in [-0.2, -0.15) is 10.2 Å². The molecule has 0 saturated carbocycles. The second kappa shape index (κ2) is 12.1. The number of hydrogen-bond donors (Lipinski definition) is 0. The molecule has 2 unspecified atom stereocenters. The highest BCUT2D eigenvalue weighted by molar-refractivity contribution is 6.04.